The van der Waals surface area contributed by atoms with E-state index in [1.807, 2.05) is 0 Å². The Morgan fingerprint density at radius 3 is 2.19 bits per heavy atom. The van der Waals surface area contributed by atoms with Crippen LogP contribution in [0.4, 0.5) is 0 Å². The molecule has 2 unspecified atom stereocenters. The van der Waals surface area contributed by atoms with Gasteiger partial charge in [0.1, 0.15) is 0 Å². The van der Waals surface area contributed by atoms with E-state index in [1.165, 1.54) is 38.5 Å². The van der Waals surface area contributed by atoms with Gasteiger partial charge in [-0.25, -0.2) is 0 Å². The van der Waals surface area contributed by atoms with Gasteiger partial charge >= 0.3 is 0 Å². The fourth-order valence-corrected chi connectivity index (χ4v) is 2.99. The summed E-state index contributed by atoms with van der Waals surface area (Å²) in [4.78, 5) is 14.4. The third-order valence-corrected chi connectivity index (χ3v) is 4.05. The summed E-state index contributed by atoms with van der Waals surface area (Å²) in [6, 6.07) is 0.115. The van der Waals surface area contributed by atoms with Gasteiger partial charge in [0, 0.05) is 19.1 Å². The van der Waals surface area contributed by atoms with Crippen molar-refractivity contribution in [2.75, 3.05) is 13.1 Å². The molecule has 0 bridgehead atoms. The normalized spacial score (nSPS) is 32.2. The maximum atomic E-state index is 12.4. The minimum atomic E-state index is 0.115. The van der Waals surface area contributed by atoms with E-state index in [-0.39, 0.29) is 12.0 Å². The Hall–Kier alpha value is -0.570. The molecule has 92 valence electrons. The average Bonchev–Trinajstić information content (AvgIpc) is 2.57. The zero-order chi connectivity index (χ0) is 11.4. The first-order chi connectivity index (χ1) is 7.79. The van der Waals surface area contributed by atoms with Gasteiger partial charge in [0.15, 0.2) is 0 Å². The summed E-state index contributed by atoms with van der Waals surface area (Å²) in [5.74, 6) is 0.459. The maximum Gasteiger partial charge on any atom is 0.227 e. The number of carbonyl (C=O) groups excluding carboxylic acids is 1. The van der Waals surface area contributed by atoms with Gasteiger partial charge in [-0.1, -0.05) is 25.7 Å². The average molecular weight is 224 g/mol. The van der Waals surface area contributed by atoms with Crippen LogP contribution in [0.15, 0.2) is 0 Å². The molecule has 0 spiro atoms. The Morgan fingerprint density at radius 1 is 0.938 bits per heavy atom. The summed E-state index contributed by atoms with van der Waals surface area (Å²) in [5, 5.41) is 0. The smallest absolute Gasteiger partial charge is 0.227 e. The molecule has 1 aliphatic heterocycles. The van der Waals surface area contributed by atoms with Gasteiger partial charge in [0.25, 0.3) is 0 Å². The Kier molecular flexibility index (Phi) is 4.22. The minimum absolute atomic E-state index is 0.115. The number of likely N-dealkylation sites (tertiary alicyclic amines) is 1. The predicted molar refractivity (Wildman–Crippen MR) is 65.0 cm³/mol. The summed E-state index contributed by atoms with van der Waals surface area (Å²) in [6.07, 6.45) is 9.33. The van der Waals surface area contributed by atoms with E-state index in [1.54, 1.807) is 0 Å². The molecule has 1 aliphatic carbocycles. The van der Waals surface area contributed by atoms with Crippen molar-refractivity contribution in [3.63, 3.8) is 0 Å². The van der Waals surface area contributed by atoms with Crippen LogP contribution < -0.4 is 5.73 Å². The third kappa shape index (κ3) is 2.76. The van der Waals surface area contributed by atoms with Crippen molar-refractivity contribution in [3.8, 4) is 0 Å². The Morgan fingerprint density at radius 2 is 1.56 bits per heavy atom. The number of amides is 1. The van der Waals surface area contributed by atoms with E-state index in [0.717, 1.165) is 25.9 Å². The second-order valence-corrected chi connectivity index (χ2v) is 5.29. The number of nitrogens with zero attached hydrogens (tertiary/aromatic N) is 1. The van der Waals surface area contributed by atoms with Crippen LogP contribution in [0.3, 0.4) is 0 Å². The first kappa shape index (κ1) is 11.9. The summed E-state index contributed by atoms with van der Waals surface area (Å²) in [5.41, 5.74) is 6.08. The summed E-state index contributed by atoms with van der Waals surface area (Å²) in [7, 11) is 0. The van der Waals surface area contributed by atoms with E-state index in [4.69, 9.17) is 5.73 Å². The predicted octanol–water partition coefficient (Wildman–Crippen LogP) is 1.91. The summed E-state index contributed by atoms with van der Waals surface area (Å²) < 4.78 is 0. The Labute approximate surface area is 98.4 Å². The number of rotatable bonds is 1. The van der Waals surface area contributed by atoms with E-state index in [2.05, 4.69) is 4.90 Å². The fraction of sp³-hybridized carbons (Fsp3) is 0.923. The highest BCUT2D eigenvalue weighted by molar-refractivity contribution is 5.79. The van der Waals surface area contributed by atoms with Crippen LogP contribution in [0.25, 0.3) is 0 Å². The molecule has 2 atom stereocenters. The molecule has 2 fully saturated rings. The van der Waals surface area contributed by atoms with Crippen molar-refractivity contribution < 1.29 is 4.79 Å². The molecule has 0 aromatic carbocycles. The summed E-state index contributed by atoms with van der Waals surface area (Å²) in [6.45, 7) is 1.92. The fourth-order valence-electron chi connectivity index (χ4n) is 2.99. The van der Waals surface area contributed by atoms with Gasteiger partial charge < -0.3 is 10.6 Å². The zero-order valence-corrected chi connectivity index (χ0v) is 10.2. The van der Waals surface area contributed by atoms with Gasteiger partial charge in [-0.15, -0.1) is 0 Å². The van der Waals surface area contributed by atoms with Crippen LogP contribution in [0.5, 0.6) is 0 Å². The highest BCUT2D eigenvalue weighted by Crippen LogP contribution is 2.25. The number of hydrogen-bond acceptors (Lipinski definition) is 2. The van der Waals surface area contributed by atoms with Gasteiger partial charge in [0.2, 0.25) is 5.91 Å². The molecule has 2 aliphatic rings. The van der Waals surface area contributed by atoms with Crippen molar-refractivity contribution in [2.45, 2.75) is 57.4 Å². The van der Waals surface area contributed by atoms with Crippen LogP contribution in [0.2, 0.25) is 0 Å². The van der Waals surface area contributed by atoms with E-state index in [0.29, 0.717) is 5.91 Å². The zero-order valence-electron chi connectivity index (χ0n) is 10.2. The third-order valence-electron chi connectivity index (χ3n) is 4.05. The van der Waals surface area contributed by atoms with Gasteiger partial charge in [-0.05, 0) is 25.7 Å². The number of hydrogen-bond donors (Lipinski definition) is 1. The largest absolute Gasteiger partial charge is 0.342 e. The van der Waals surface area contributed by atoms with Crippen molar-refractivity contribution >= 4 is 5.91 Å². The summed E-state index contributed by atoms with van der Waals surface area (Å²) >= 11 is 0. The molecule has 2 rings (SSSR count). The first-order valence-electron chi connectivity index (χ1n) is 6.83. The molecule has 0 aromatic heterocycles. The highest BCUT2D eigenvalue weighted by Gasteiger charge is 2.31. The topological polar surface area (TPSA) is 46.3 Å². The van der Waals surface area contributed by atoms with Crippen LogP contribution in [0.1, 0.15) is 51.4 Å². The molecule has 1 amide bonds. The quantitative estimate of drug-likeness (QED) is 0.739. The second-order valence-electron chi connectivity index (χ2n) is 5.29. The first-order valence-corrected chi connectivity index (χ1v) is 6.83. The van der Waals surface area contributed by atoms with Crippen molar-refractivity contribution in [3.05, 3.63) is 0 Å². The van der Waals surface area contributed by atoms with Crippen LogP contribution in [0, 0.1) is 5.92 Å². The number of nitrogens with two attached hydrogens (primary N) is 1. The molecular weight excluding hydrogens is 200 g/mol. The van der Waals surface area contributed by atoms with Gasteiger partial charge in [-0.3, -0.25) is 4.79 Å². The molecule has 16 heavy (non-hydrogen) atoms. The van der Waals surface area contributed by atoms with Gasteiger partial charge in [-0.2, -0.15) is 0 Å². The lowest BCUT2D eigenvalue weighted by Crippen LogP contribution is -2.46. The number of carbonyl (C=O) groups is 1. The molecule has 3 nitrogen and oxygen atoms in total. The molecule has 0 aromatic rings. The monoisotopic (exact) mass is 224 g/mol. The Bertz CT molecular complexity index is 234. The van der Waals surface area contributed by atoms with Crippen LogP contribution >= 0.6 is 0 Å². The van der Waals surface area contributed by atoms with Crippen molar-refractivity contribution in [2.24, 2.45) is 11.7 Å². The standard InChI is InChI=1S/C13H24N2O/c14-12-8-4-3-7-11(12)13(16)15-9-5-1-2-6-10-15/h11-12H,1-10,14H2. The molecule has 0 radical (unpaired) electrons. The minimum Gasteiger partial charge on any atom is -0.342 e. The second kappa shape index (κ2) is 5.67. The maximum absolute atomic E-state index is 12.4. The molecule has 1 saturated carbocycles. The lowest BCUT2D eigenvalue weighted by molar-refractivity contribution is -0.137. The van der Waals surface area contributed by atoms with E-state index >= 15 is 0 Å². The van der Waals surface area contributed by atoms with Gasteiger partial charge in [0.05, 0.1) is 5.92 Å². The van der Waals surface area contributed by atoms with E-state index in [9.17, 15) is 4.79 Å². The molecule has 3 heteroatoms. The van der Waals surface area contributed by atoms with Crippen molar-refractivity contribution in [1.82, 2.24) is 4.90 Å². The Balaban J connectivity index is 1.93. The molecule has 1 saturated heterocycles. The molecule has 2 N–H and O–H groups in total. The van der Waals surface area contributed by atoms with Crippen LogP contribution in [-0.2, 0) is 4.79 Å². The molecular formula is C13H24N2O. The molecule has 1 heterocycles. The lowest BCUT2D eigenvalue weighted by atomic mass is 9.84. The highest BCUT2D eigenvalue weighted by atomic mass is 16.2. The SMILES string of the molecule is NC1CCCCC1C(=O)N1CCCCCC1. The van der Waals surface area contributed by atoms with Crippen molar-refractivity contribution in [1.29, 1.82) is 0 Å². The van der Waals surface area contributed by atoms with Crippen LogP contribution in [-0.4, -0.2) is 29.9 Å². The lowest BCUT2D eigenvalue weighted by Gasteiger charge is -2.32. The van der Waals surface area contributed by atoms with E-state index < -0.39 is 0 Å².